The van der Waals surface area contributed by atoms with Crippen LogP contribution in [0.4, 0.5) is 0 Å². The zero-order chi connectivity index (χ0) is 17.0. The van der Waals surface area contributed by atoms with Crippen LogP contribution < -0.4 is 10.1 Å². The van der Waals surface area contributed by atoms with Gasteiger partial charge in [-0.05, 0) is 63.9 Å². The van der Waals surface area contributed by atoms with Crippen LogP contribution in [0, 0.1) is 6.92 Å². The van der Waals surface area contributed by atoms with Gasteiger partial charge in [-0.25, -0.2) is 8.42 Å². The van der Waals surface area contributed by atoms with E-state index in [0.717, 1.165) is 37.2 Å². The minimum Gasteiger partial charge on any atom is -0.491 e. The van der Waals surface area contributed by atoms with E-state index in [1.807, 2.05) is 27.7 Å². The first kappa shape index (κ1) is 18.2. The monoisotopic (exact) mass is 340 g/mol. The van der Waals surface area contributed by atoms with Crippen molar-refractivity contribution in [3.63, 3.8) is 0 Å². The first-order valence-electron chi connectivity index (χ1n) is 8.36. The number of nitrogens with one attached hydrogen (secondary N) is 1. The second-order valence-electron chi connectivity index (χ2n) is 6.36. The highest BCUT2D eigenvalue weighted by Gasteiger charge is 2.32. The summed E-state index contributed by atoms with van der Waals surface area (Å²) in [6.45, 7) is 9.97. The molecular formula is C17H28N2O3S. The fraction of sp³-hybridized carbons (Fsp3) is 0.647. The van der Waals surface area contributed by atoms with Crippen LogP contribution >= 0.6 is 0 Å². The van der Waals surface area contributed by atoms with Gasteiger partial charge in [0.05, 0.1) is 11.0 Å². The molecule has 1 N–H and O–H groups in total. The van der Waals surface area contributed by atoms with Crippen LogP contribution in [-0.4, -0.2) is 44.5 Å². The number of hydrogen-bond donors (Lipinski definition) is 1. The van der Waals surface area contributed by atoms with Crippen LogP contribution in [0.15, 0.2) is 23.1 Å². The minimum atomic E-state index is -3.48. The highest BCUT2D eigenvalue weighted by molar-refractivity contribution is 7.89. The topological polar surface area (TPSA) is 58.6 Å². The first-order chi connectivity index (χ1) is 10.9. The predicted molar refractivity (Wildman–Crippen MR) is 92.4 cm³/mol. The third kappa shape index (κ3) is 4.25. The van der Waals surface area contributed by atoms with Crippen molar-refractivity contribution in [1.82, 2.24) is 9.62 Å². The van der Waals surface area contributed by atoms with Crippen LogP contribution in [-0.2, 0) is 10.0 Å². The van der Waals surface area contributed by atoms with Gasteiger partial charge in [-0.15, -0.1) is 0 Å². The molecule has 1 fully saturated rings. The molecule has 1 aliphatic heterocycles. The molecule has 1 atom stereocenters. The SMILES string of the molecule is CCCN(C1CCNC1)S(=O)(=O)c1ccc(OC(C)C)c(C)c1. The molecule has 0 saturated carbocycles. The van der Waals surface area contributed by atoms with Gasteiger partial charge >= 0.3 is 0 Å². The van der Waals surface area contributed by atoms with E-state index in [0.29, 0.717) is 11.4 Å². The quantitative estimate of drug-likeness (QED) is 0.829. The lowest BCUT2D eigenvalue weighted by Gasteiger charge is -2.27. The largest absolute Gasteiger partial charge is 0.491 e. The zero-order valence-corrected chi connectivity index (χ0v) is 15.3. The van der Waals surface area contributed by atoms with Gasteiger partial charge < -0.3 is 10.1 Å². The van der Waals surface area contributed by atoms with E-state index in [9.17, 15) is 8.42 Å². The summed E-state index contributed by atoms with van der Waals surface area (Å²) < 4.78 is 33.5. The fourth-order valence-corrected chi connectivity index (χ4v) is 4.74. The van der Waals surface area contributed by atoms with Crippen molar-refractivity contribution in [3.8, 4) is 5.75 Å². The van der Waals surface area contributed by atoms with Crippen molar-refractivity contribution in [3.05, 3.63) is 23.8 Å². The van der Waals surface area contributed by atoms with E-state index < -0.39 is 10.0 Å². The molecule has 23 heavy (non-hydrogen) atoms. The van der Waals surface area contributed by atoms with E-state index in [2.05, 4.69) is 5.32 Å². The number of hydrogen-bond acceptors (Lipinski definition) is 4. The Morgan fingerprint density at radius 1 is 1.39 bits per heavy atom. The Balaban J connectivity index is 2.31. The summed E-state index contributed by atoms with van der Waals surface area (Å²) in [5, 5.41) is 3.25. The summed E-state index contributed by atoms with van der Waals surface area (Å²) in [6, 6.07) is 5.19. The molecule has 0 amide bonds. The molecule has 1 unspecified atom stereocenters. The number of rotatable bonds is 7. The second kappa shape index (κ2) is 7.64. The molecule has 0 aromatic heterocycles. The van der Waals surface area contributed by atoms with Crippen LogP contribution in [0.5, 0.6) is 5.75 Å². The van der Waals surface area contributed by atoms with Crippen molar-refractivity contribution >= 4 is 10.0 Å². The average Bonchev–Trinajstić information content (AvgIpc) is 3.00. The second-order valence-corrected chi connectivity index (χ2v) is 8.25. The molecule has 1 aliphatic rings. The van der Waals surface area contributed by atoms with Gasteiger partial charge in [0.2, 0.25) is 10.0 Å². The maximum absolute atomic E-state index is 13.1. The number of ether oxygens (including phenoxy) is 1. The predicted octanol–water partition coefficient (Wildman–Crippen LogP) is 2.54. The van der Waals surface area contributed by atoms with Crippen LogP contribution in [0.25, 0.3) is 0 Å². The standard InChI is InChI=1S/C17H28N2O3S/c1-5-10-19(15-8-9-18-12-15)23(20,21)16-6-7-17(14(4)11-16)22-13(2)3/h6-7,11,13,15,18H,5,8-10,12H2,1-4H3. The summed E-state index contributed by atoms with van der Waals surface area (Å²) >= 11 is 0. The third-order valence-corrected chi connectivity index (χ3v) is 5.95. The van der Waals surface area contributed by atoms with Gasteiger partial charge in [0, 0.05) is 19.1 Å². The summed E-state index contributed by atoms with van der Waals surface area (Å²) in [5.74, 6) is 0.739. The van der Waals surface area contributed by atoms with E-state index in [4.69, 9.17) is 4.74 Å². The Morgan fingerprint density at radius 2 is 2.13 bits per heavy atom. The molecule has 2 rings (SSSR count). The Labute approximate surface area is 140 Å². The highest BCUT2D eigenvalue weighted by Crippen LogP contribution is 2.27. The van der Waals surface area contributed by atoms with Crippen molar-refractivity contribution in [2.75, 3.05) is 19.6 Å². The van der Waals surface area contributed by atoms with Gasteiger partial charge in [0.15, 0.2) is 0 Å². The maximum Gasteiger partial charge on any atom is 0.243 e. The van der Waals surface area contributed by atoms with Gasteiger partial charge in [-0.2, -0.15) is 4.31 Å². The molecule has 5 nitrogen and oxygen atoms in total. The molecule has 1 aromatic carbocycles. The van der Waals surface area contributed by atoms with E-state index in [1.165, 1.54) is 0 Å². The number of nitrogens with zero attached hydrogens (tertiary/aromatic N) is 1. The van der Waals surface area contributed by atoms with Gasteiger partial charge in [-0.1, -0.05) is 6.92 Å². The van der Waals surface area contributed by atoms with Gasteiger partial charge in [0.1, 0.15) is 5.75 Å². The molecule has 1 saturated heterocycles. The fourth-order valence-electron chi connectivity index (χ4n) is 2.91. The molecule has 0 bridgehead atoms. The minimum absolute atomic E-state index is 0.0480. The number of aryl methyl sites for hydroxylation is 1. The van der Waals surface area contributed by atoms with Crippen LogP contribution in [0.2, 0.25) is 0 Å². The van der Waals surface area contributed by atoms with E-state index in [1.54, 1.807) is 22.5 Å². The lowest BCUT2D eigenvalue weighted by molar-refractivity contribution is 0.240. The Hall–Kier alpha value is -1.11. The molecule has 6 heteroatoms. The summed E-state index contributed by atoms with van der Waals surface area (Å²) in [7, 11) is -3.48. The molecular weight excluding hydrogens is 312 g/mol. The van der Waals surface area contributed by atoms with Gasteiger partial charge in [-0.3, -0.25) is 0 Å². The molecule has 130 valence electrons. The Bertz CT molecular complexity index is 623. The number of sulfonamides is 1. The highest BCUT2D eigenvalue weighted by atomic mass is 32.2. The lowest BCUT2D eigenvalue weighted by atomic mass is 10.2. The van der Waals surface area contributed by atoms with E-state index in [-0.39, 0.29) is 12.1 Å². The lowest BCUT2D eigenvalue weighted by Crippen LogP contribution is -2.42. The normalized spacial score (nSPS) is 18.8. The smallest absolute Gasteiger partial charge is 0.243 e. The summed E-state index contributed by atoms with van der Waals surface area (Å²) in [6.07, 6.45) is 1.74. The third-order valence-electron chi connectivity index (χ3n) is 4.00. The van der Waals surface area contributed by atoms with E-state index >= 15 is 0 Å². The number of benzene rings is 1. The maximum atomic E-state index is 13.1. The van der Waals surface area contributed by atoms with Crippen molar-refractivity contribution in [1.29, 1.82) is 0 Å². The van der Waals surface area contributed by atoms with Gasteiger partial charge in [0.25, 0.3) is 0 Å². The molecule has 0 aliphatic carbocycles. The summed E-state index contributed by atoms with van der Waals surface area (Å²) in [4.78, 5) is 0.353. The summed E-state index contributed by atoms with van der Waals surface area (Å²) in [5.41, 5.74) is 0.848. The Kier molecular flexibility index (Phi) is 6.06. The zero-order valence-electron chi connectivity index (χ0n) is 14.5. The average molecular weight is 340 g/mol. The molecule has 0 radical (unpaired) electrons. The van der Waals surface area contributed by atoms with Crippen molar-refractivity contribution in [2.45, 2.75) is 57.6 Å². The van der Waals surface area contributed by atoms with Crippen molar-refractivity contribution in [2.24, 2.45) is 0 Å². The molecule has 1 heterocycles. The van der Waals surface area contributed by atoms with Crippen molar-refractivity contribution < 1.29 is 13.2 Å². The first-order valence-corrected chi connectivity index (χ1v) is 9.80. The van der Waals surface area contributed by atoms with Crippen LogP contribution in [0.3, 0.4) is 0 Å². The Morgan fingerprint density at radius 3 is 2.65 bits per heavy atom. The molecule has 0 spiro atoms. The van der Waals surface area contributed by atoms with Crippen LogP contribution in [0.1, 0.15) is 39.2 Å². The molecule has 1 aromatic rings.